The van der Waals surface area contributed by atoms with E-state index in [1.165, 1.54) is 29.2 Å². The standard InChI is InChI=1S/C20H25N3O4S/c1-3-27-20(24)16-4-10-19(11-5-16)28(25,26)21-17-6-8-18(9-7-17)23-14-12-22(2)13-15-23/h4-11,21H,3,12-15H2,1-2H3/p+1. The SMILES string of the molecule is CCOC(=O)c1ccc(S(=O)(=O)Nc2ccc(N3CC[NH+](C)CC3)cc2)cc1. The lowest BCUT2D eigenvalue weighted by atomic mass is 10.2. The summed E-state index contributed by atoms with van der Waals surface area (Å²) in [6.07, 6.45) is 0. The monoisotopic (exact) mass is 404 g/mol. The van der Waals surface area contributed by atoms with Crippen LogP contribution in [-0.4, -0.2) is 54.2 Å². The summed E-state index contributed by atoms with van der Waals surface area (Å²) >= 11 is 0. The van der Waals surface area contributed by atoms with Gasteiger partial charge >= 0.3 is 5.97 Å². The Bertz CT molecular complexity index is 903. The number of nitrogens with zero attached hydrogens (tertiary/aromatic N) is 1. The van der Waals surface area contributed by atoms with Crippen molar-refractivity contribution < 1.29 is 22.8 Å². The number of hydrogen-bond acceptors (Lipinski definition) is 5. The first-order chi connectivity index (χ1) is 13.4. The molecule has 0 bridgehead atoms. The van der Waals surface area contributed by atoms with Crippen LogP contribution in [-0.2, 0) is 14.8 Å². The second-order valence-corrected chi connectivity index (χ2v) is 8.52. The first kappa shape index (κ1) is 20.2. The predicted molar refractivity (Wildman–Crippen MR) is 108 cm³/mol. The zero-order chi connectivity index (χ0) is 20.1. The number of piperazine rings is 1. The predicted octanol–water partition coefficient (Wildman–Crippen LogP) is 0.999. The molecule has 2 N–H and O–H groups in total. The fourth-order valence-corrected chi connectivity index (χ4v) is 4.14. The Morgan fingerprint density at radius 2 is 1.68 bits per heavy atom. The van der Waals surface area contributed by atoms with E-state index in [2.05, 4.69) is 16.7 Å². The minimum absolute atomic E-state index is 0.0895. The maximum atomic E-state index is 12.6. The van der Waals surface area contributed by atoms with Crippen molar-refractivity contribution in [1.82, 2.24) is 0 Å². The molecule has 0 saturated carbocycles. The highest BCUT2D eigenvalue weighted by atomic mass is 32.2. The van der Waals surface area contributed by atoms with Crippen molar-refractivity contribution in [2.45, 2.75) is 11.8 Å². The van der Waals surface area contributed by atoms with Crippen LogP contribution in [0.3, 0.4) is 0 Å². The Morgan fingerprint density at radius 1 is 1.07 bits per heavy atom. The van der Waals surface area contributed by atoms with Gasteiger partial charge in [-0.3, -0.25) is 4.72 Å². The lowest BCUT2D eigenvalue weighted by molar-refractivity contribution is -0.880. The topological polar surface area (TPSA) is 80.1 Å². The molecule has 0 aliphatic carbocycles. The van der Waals surface area contributed by atoms with E-state index in [9.17, 15) is 13.2 Å². The molecule has 28 heavy (non-hydrogen) atoms. The van der Waals surface area contributed by atoms with Crippen molar-refractivity contribution in [2.24, 2.45) is 0 Å². The first-order valence-electron chi connectivity index (χ1n) is 9.35. The van der Waals surface area contributed by atoms with Crippen molar-refractivity contribution in [3.05, 3.63) is 54.1 Å². The summed E-state index contributed by atoms with van der Waals surface area (Å²) in [6, 6.07) is 13.1. The number of sulfonamides is 1. The van der Waals surface area contributed by atoms with Gasteiger partial charge in [-0.05, 0) is 55.5 Å². The Labute approximate surface area is 166 Å². The molecule has 0 atom stereocenters. The number of likely N-dealkylation sites (N-methyl/N-ethyl adjacent to an activating group) is 1. The summed E-state index contributed by atoms with van der Waals surface area (Å²) in [7, 11) is -1.54. The number of benzene rings is 2. The molecule has 1 saturated heterocycles. The van der Waals surface area contributed by atoms with E-state index < -0.39 is 16.0 Å². The van der Waals surface area contributed by atoms with E-state index in [4.69, 9.17) is 4.74 Å². The van der Waals surface area contributed by atoms with E-state index in [1.54, 1.807) is 19.1 Å². The average molecular weight is 405 g/mol. The second kappa shape index (κ2) is 8.62. The molecule has 150 valence electrons. The number of rotatable bonds is 6. The van der Waals surface area contributed by atoms with Crippen LogP contribution in [0.25, 0.3) is 0 Å². The number of hydrogen-bond donors (Lipinski definition) is 2. The van der Waals surface area contributed by atoms with Crippen LogP contribution in [0, 0.1) is 0 Å². The number of ether oxygens (including phenoxy) is 1. The fraction of sp³-hybridized carbons (Fsp3) is 0.350. The summed E-state index contributed by atoms with van der Waals surface area (Å²) in [5.41, 5.74) is 1.91. The van der Waals surface area contributed by atoms with Crippen LogP contribution in [0.5, 0.6) is 0 Å². The molecule has 0 amide bonds. The average Bonchev–Trinajstić information content (AvgIpc) is 2.69. The summed E-state index contributed by atoms with van der Waals surface area (Å²) in [5, 5.41) is 0. The molecule has 2 aromatic carbocycles. The minimum Gasteiger partial charge on any atom is -0.462 e. The molecule has 1 aliphatic heterocycles. The molecule has 0 radical (unpaired) electrons. The second-order valence-electron chi connectivity index (χ2n) is 6.84. The minimum atomic E-state index is -3.73. The summed E-state index contributed by atoms with van der Waals surface area (Å²) in [4.78, 5) is 15.6. The lowest BCUT2D eigenvalue weighted by Crippen LogP contribution is -3.12. The van der Waals surface area contributed by atoms with Crippen molar-refractivity contribution in [3.8, 4) is 0 Å². The Hall–Kier alpha value is -2.58. The molecule has 0 spiro atoms. The van der Waals surface area contributed by atoms with Gasteiger partial charge in [0, 0.05) is 11.4 Å². The van der Waals surface area contributed by atoms with Gasteiger partial charge in [0.25, 0.3) is 10.0 Å². The van der Waals surface area contributed by atoms with Gasteiger partial charge < -0.3 is 14.5 Å². The maximum absolute atomic E-state index is 12.6. The zero-order valence-electron chi connectivity index (χ0n) is 16.1. The van der Waals surface area contributed by atoms with E-state index in [0.29, 0.717) is 11.3 Å². The Kier molecular flexibility index (Phi) is 6.21. The number of nitrogens with one attached hydrogen (secondary N) is 2. The number of carbonyl (C=O) groups excluding carboxylic acids is 1. The van der Waals surface area contributed by atoms with E-state index in [0.717, 1.165) is 31.9 Å². The maximum Gasteiger partial charge on any atom is 0.338 e. The normalized spacial score (nSPS) is 15.3. The highest BCUT2D eigenvalue weighted by Gasteiger charge is 2.18. The van der Waals surface area contributed by atoms with Gasteiger partial charge in [-0.1, -0.05) is 0 Å². The largest absolute Gasteiger partial charge is 0.462 e. The lowest BCUT2D eigenvalue weighted by Gasteiger charge is -2.31. The molecule has 2 aromatic rings. The number of anilines is 2. The first-order valence-corrected chi connectivity index (χ1v) is 10.8. The van der Waals surface area contributed by atoms with Crippen LogP contribution in [0.4, 0.5) is 11.4 Å². The zero-order valence-corrected chi connectivity index (χ0v) is 17.0. The highest BCUT2D eigenvalue weighted by molar-refractivity contribution is 7.92. The van der Waals surface area contributed by atoms with Crippen LogP contribution in [0.2, 0.25) is 0 Å². The van der Waals surface area contributed by atoms with Gasteiger partial charge in [-0.25, -0.2) is 13.2 Å². The van der Waals surface area contributed by atoms with E-state index in [1.807, 2.05) is 12.1 Å². The van der Waals surface area contributed by atoms with Crippen LogP contribution in [0.1, 0.15) is 17.3 Å². The van der Waals surface area contributed by atoms with Gasteiger partial charge in [-0.15, -0.1) is 0 Å². The van der Waals surface area contributed by atoms with Crippen molar-refractivity contribution in [2.75, 3.05) is 49.5 Å². The van der Waals surface area contributed by atoms with E-state index >= 15 is 0 Å². The van der Waals surface area contributed by atoms with Gasteiger partial charge in [0.1, 0.15) is 0 Å². The molecule has 1 aliphatic rings. The van der Waals surface area contributed by atoms with Crippen LogP contribution < -0.4 is 14.5 Å². The van der Waals surface area contributed by atoms with Crippen LogP contribution in [0.15, 0.2) is 53.4 Å². The Morgan fingerprint density at radius 3 is 2.25 bits per heavy atom. The quantitative estimate of drug-likeness (QED) is 0.702. The number of esters is 1. The molecule has 0 unspecified atom stereocenters. The molecular formula is C20H26N3O4S+. The molecule has 1 heterocycles. The van der Waals surface area contributed by atoms with E-state index in [-0.39, 0.29) is 11.5 Å². The number of carbonyl (C=O) groups is 1. The number of quaternary nitrogens is 1. The third-order valence-electron chi connectivity index (χ3n) is 4.78. The molecular weight excluding hydrogens is 378 g/mol. The van der Waals surface area contributed by atoms with Gasteiger partial charge in [0.15, 0.2) is 0 Å². The molecule has 8 heteroatoms. The smallest absolute Gasteiger partial charge is 0.338 e. The summed E-state index contributed by atoms with van der Waals surface area (Å²) in [6.45, 7) is 6.15. The molecule has 3 rings (SSSR count). The van der Waals surface area contributed by atoms with Gasteiger partial charge in [-0.2, -0.15) is 0 Å². The summed E-state index contributed by atoms with van der Waals surface area (Å²) in [5.74, 6) is -0.472. The summed E-state index contributed by atoms with van der Waals surface area (Å²) < 4.78 is 32.7. The van der Waals surface area contributed by atoms with Crippen molar-refractivity contribution in [3.63, 3.8) is 0 Å². The fourth-order valence-electron chi connectivity index (χ4n) is 3.09. The Balaban J connectivity index is 1.67. The third kappa shape index (κ3) is 4.82. The van der Waals surface area contributed by atoms with Crippen molar-refractivity contribution in [1.29, 1.82) is 0 Å². The molecule has 1 fully saturated rings. The van der Waals surface area contributed by atoms with Gasteiger partial charge in [0.2, 0.25) is 0 Å². The van der Waals surface area contributed by atoms with Gasteiger partial charge in [0.05, 0.1) is 50.3 Å². The molecule has 0 aromatic heterocycles. The highest BCUT2D eigenvalue weighted by Crippen LogP contribution is 2.21. The van der Waals surface area contributed by atoms with Crippen LogP contribution >= 0.6 is 0 Å². The third-order valence-corrected chi connectivity index (χ3v) is 6.17. The van der Waals surface area contributed by atoms with Crippen molar-refractivity contribution >= 4 is 27.4 Å². The molecule has 7 nitrogen and oxygen atoms in total.